The minimum atomic E-state index is -3.79. The van der Waals surface area contributed by atoms with Gasteiger partial charge in [-0.25, -0.2) is 13.6 Å². The fraction of sp³-hybridized carbons (Fsp3) is 0.417. The predicted octanol–water partition coefficient (Wildman–Crippen LogP) is 1.25. The molecule has 0 saturated heterocycles. The summed E-state index contributed by atoms with van der Waals surface area (Å²) in [5.74, 6) is -0.313. The molecule has 0 fully saturated rings. The average molecular weight is 270 g/mol. The Morgan fingerprint density at radius 2 is 2.00 bits per heavy atom. The molecule has 0 aliphatic rings. The monoisotopic (exact) mass is 270 g/mol. The number of rotatable bonds is 4. The minimum absolute atomic E-state index is 0.0653. The molecule has 100 valence electrons. The average Bonchev–Trinajstić information content (AvgIpc) is 2.27. The molecular formula is C12H18N2O3S. The van der Waals surface area contributed by atoms with E-state index >= 15 is 0 Å². The van der Waals surface area contributed by atoms with E-state index < -0.39 is 10.0 Å². The summed E-state index contributed by atoms with van der Waals surface area (Å²) < 4.78 is 22.4. The van der Waals surface area contributed by atoms with E-state index in [1.165, 1.54) is 18.2 Å². The van der Waals surface area contributed by atoms with Gasteiger partial charge in [-0.15, -0.1) is 0 Å². The van der Waals surface area contributed by atoms with Crippen molar-refractivity contribution >= 4 is 15.9 Å². The van der Waals surface area contributed by atoms with E-state index in [0.29, 0.717) is 0 Å². The van der Waals surface area contributed by atoms with Crippen LogP contribution in [-0.2, 0) is 10.0 Å². The molecule has 0 spiro atoms. The molecule has 0 saturated carbocycles. The maximum atomic E-state index is 12.0. The van der Waals surface area contributed by atoms with Gasteiger partial charge in [-0.1, -0.05) is 13.0 Å². The van der Waals surface area contributed by atoms with Crippen molar-refractivity contribution < 1.29 is 13.2 Å². The second-order valence-electron chi connectivity index (χ2n) is 4.76. The molecule has 18 heavy (non-hydrogen) atoms. The molecule has 1 aromatic carbocycles. The Morgan fingerprint density at radius 3 is 2.50 bits per heavy atom. The SMILES string of the molecule is CCC(C)(C)NC(=O)c1cccc(S(N)(=O)=O)c1. The summed E-state index contributed by atoms with van der Waals surface area (Å²) in [6.07, 6.45) is 0.771. The molecule has 0 atom stereocenters. The van der Waals surface area contributed by atoms with Crippen LogP contribution in [0.25, 0.3) is 0 Å². The lowest BCUT2D eigenvalue weighted by Crippen LogP contribution is -2.42. The summed E-state index contributed by atoms with van der Waals surface area (Å²) in [4.78, 5) is 11.9. The molecule has 6 heteroatoms. The highest BCUT2D eigenvalue weighted by atomic mass is 32.2. The number of carbonyl (C=O) groups is 1. The zero-order valence-electron chi connectivity index (χ0n) is 10.7. The van der Waals surface area contributed by atoms with Crippen LogP contribution in [0.4, 0.5) is 0 Å². The smallest absolute Gasteiger partial charge is 0.251 e. The third-order valence-corrected chi connectivity index (χ3v) is 3.67. The van der Waals surface area contributed by atoms with Crippen molar-refractivity contribution in [2.75, 3.05) is 0 Å². The number of carbonyl (C=O) groups excluding carboxylic acids is 1. The molecule has 0 aliphatic carbocycles. The first-order chi connectivity index (χ1) is 8.15. The third-order valence-electron chi connectivity index (χ3n) is 2.76. The van der Waals surface area contributed by atoms with Crippen molar-refractivity contribution in [1.82, 2.24) is 5.32 Å². The second kappa shape index (κ2) is 5.07. The van der Waals surface area contributed by atoms with Crippen molar-refractivity contribution in [3.63, 3.8) is 0 Å². The molecule has 1 amide bonds. The van der Waals surface area contributed by atoms with Gasteiger partial charge < -0.3 is 5.32 Å². The molecule has 1 aromatic rings. The number of hydrogen-bond acceptors (Lipinski definition) is 3. The largest absolute Gasteiger partial charge is 0.347 e. The number of amides is 1. The van der Waals surface area contributed by atoms with E-state index in [0.717, 1.165) is 6.42 Å². The molecule has 0 unspecified atom stereocenters. The van der Waals surface area contributed by atoms with Gasteiger partial charge in [0.1, 0.15) is 0 Å². The lowest BCUT2D eigenvalue weighted by Gasteiger charge is -2.24. The van der Waals surface area contributed by atoms with Crippen LogP contribution < -0.4 is 10.5 Å². The third kappa shape index (κ3) is 3.82. The van der Waals surface area contributed by atoms with Crippen LogP contribution >= 0.6 is 0 Å². The number of primary sulfonamides is 1. The van der Waals surface area contributed by atoms with Gasteiger partial charge in [-0.05, 0) is 38.5 Å². The molecule has 0 heterocycles. The van der Waals surface area contributed by atoms with E-state index in [1.807, 2.05) is 20.8 Å². The van der Waals surface area contributed by atoms with Crippen LogP contribution in [0, 0.1) is 0 Å². The molecule has 0 bridgehead atoms. The van der Waals surface area contributed by atoms with Crippen LogP contribution in [0.15, 0.2) is 29.2 Å². The summed E-state index contributed by atoms with van der Waals surface area (Å²) in [6.45, 7) is 5.75. The molecule has 1 rings (SSSR count). The summed E-state index contributed by atoms with van der Waals surface area (Å²) in [5.41, 5.74) is -0.0580. The summed E-state index contributed by atoms with van der Waals surface area (Å²) in [7, 11) is -3.79. The van der Waals surface area contributed by atoms with Gasteiger partial charge in [0.05, 0.1) is 4.90 Å². The maximum Gasteiger partial charge on any atom is 0.251 e. The number of sulfonamides is 1. The highest BCUT2D eigenvalue weighted by molar-refractivity contribution is 7.89. The van der Waals surface area contributed by atoms with Crippen LogP contribution in [-0.4, -0.2) is 19.9 Å². The molecule has 5 nitrogen and oxygen atoms in total. The lowest BCUT2D eigenvalue weighted by molar-refractivity contribution is 0.0911. The number of nitrogens with two attached hydrogens (primary N) is 1. The quantitative estimate of drug-likeness (QED) is 0.863. The fourth-order valence-electron chi connectivity index (χ4n) is 1.28. The van der Waals surface area contributed by atoms with Gasteiger partial charge in [0.15, 0.2) is 0 Å². The van der Waals surface area contributed by atoms with E-state index in [-0.39, 0.29) is 21.9 Å². The standard InChI is InChI=1S/C12H18N2O3S/c1-4-12(2,3)14-11(15)9-6-5-7-10(8-9)18(13,16)17/h5-8H,4H2,1-3H3,(H,14,15)(H2,13,16,17). The van der Waals surface area contributed by atoms with Crippen LogP contribution in [0.5, 0.6) is 0 Å². The van der Waals surface area contributed by atoms with E-state index in [4.69, 9.17) is 5.14 Å². The zero-order valence-corrected chi connectivity index (χ0v) is 11.5. The van der Waals surface area contributed by atoms with Gasteiger partial charge in [0, 0.05) is 11.1 Å². The van der Waals surface area contributed by atoms with Crippen LogP contribution in [0.3, 0.4) is 0 Å². The van der Waals surface area contributed by atoms with Crippen LogP contribution in [0.1, 0.15) is 37.6 Å². The minimum Gasteiger partial charge on any atom is -0.347 e. The number of hydrogen-bond donors (Lipinski definition) is 2. The Labute approximate surface area is 107 Å². The van der Waals surface area contributed by atoms with E-state index in [1.54, 1.807) is 6.07 Å². The van der Waals surface area contributed by atoms with Crippen molar-refractivity contribution in [3.05, 3.63) is 29.8 Å². The molecular weight excluding hydrogens is 252 g/mol. The first kappa shape index (κ1) is 14.7. The summed E-state index contributed by atoms with van der Waals surface area (Å²) in [5, 5.41) is 7.85. The van der Waals surface area contributed by atoms with Crippen molar-refractivity contribution in [1.29, 1.82) is 0 Å². The van der Waals surface area contributed by atoms with Gasteiger partial charge >= 0.3 is 0 Å². The summed E-state index contributed by atoms with van der Waals surface area (Å²) in [6, 6.07) is 5.68. The Balaban J connectivity index is 3.02. The van der Waals surface area contributed by atoms with Gasteiger partial charge in [0.2, 0.25) is 10.0 Å². The normalized spacial score (nSPS) is 12.2. The fourth-order valence-corrected chi connectivity index (χ4v) is 1.84. The molecule has 3 N–H and O–H groups in total. The predicted molar refractivity (Wildman–Crippen MR) is 69.7 cm³/mol. The maximum absolute atomic E-state index is 12.0. The van der Waals surface area contributed by atoms with Gasteiger partial charge in [-0.3, -0.25) is 4.79 Å². The first-order valence-corrected chi connectivity index (χ1v) is 7.16. The molecule has 0 aliphatic heterocycles. The highest BCUT2D eigenvalue weighted by Crippen LogP contribution is 2.12. The Morgan fingerprint density at radius 1 is 1.39 bits per heavy atom. The van der Waals surface area contributed by atoms with Crippen molar-refractivity contribution in [3.8, 4) is 0 Å². The van der Waals surface area contributed by atoms with Gasteiger partial charge in [-0.2, -0.15) is 0 Å². The number of benzene rings is 1. The lowest BCUT2D eigenvalue weighted by atomic mass is 10.0. The Bertz CT molecular complexity index is 550. The Hall–Kier alpha value is -1.40. The van der Waals surface area contributed by atoms with Crippen molar-refractivity contribution in [2.45, 2.75) is 37.6 Å². The highest BCUT2D eigenvalue weighted by Gasteiger charge is 2.19. The Kier molecular flexibility index (Phi) is 4.13. The van der Waals surface area contributed by atoms with Gasteiger partial charge in [0.25, 0.3) is 5.91 Å². The zero-order chi connectivity index (χ0) is 14.0. The van der Waals surface area contributed by atoms with E-state index in [2.05, 4.69) is 5.32 Å². The summed E-state index contributed by atoms with van der Waals surface area (Å²) >= 11 is 0. The van der Waals surface area contributed by atoms with E-state index in [9.17, 15) is 13.2 Å². The molecule has 0 radical (unpaired) electrons. The number of nitrogens with one attached hydrogen (secondary N) is 1. The molecule has 0 aromatic heterocycles. The first-order valence-electron chi connectivity index (χ1n) is 5.61. The topological polar surface area (TPSA) is 89.3 Å². The van der Waals surface area contributed by atoms with Crippen LogP contribution in [0.2, 0.25) is 0 Å². The van der Waals surface area contributed by atoms with Crippen molar-refractivity contribution in [2.24, 2.45) is 5.14 Å². The second-order valence-corrected chi connectivity index (χ2v) is 6.33.